The van der Waals surface area contributed by atoms with Crippen LogP contribution in [-0.4, -0.2) is 25.5 Å². The van der Waals surface area contributed by atoms with Crippen molar-refractivity contribution in [1.82, 2.24) is 4.90 Å². The fourth-order valence-corrected chi connectivity index (χ4v) is 3.61. The number of hydrogen-bond acceptors (Lipinski definition) is 1. The van der Waals surface area contributed by atoms with E-state index in [0.29, 0.717) is 12.0 Å². The van der Waals surface area contributed by atoms with Crippen molar-refractivity contribution in [3.8, 4) is 0 Å². The second-order valence-corrected chi connectivity index (χ2v) is 7.20. The smallest absolute Gasteiger partial charge is 0.309 e. The number of fused-ring (bicyclic) bond motifs is 1. The lowest BCUT2D eigenvalue weighted by Gasteiger charge is -2.26. The number of hydrogen-bond donors (Lipinski definition) is 0. The minimum atomic E-state index is -4.31. The summed E-state index contributed by atoms with van der Waals surface area (Å²) in [6.07, 6.45) is 0.597. The van der Waals surface area contributed by atoms with Crippen LogP contribution in [0, 0.1) is 0 Å². The highest BCUT2D eigenvalue weighted by Gasteiger charge is 2.31. The van der Waals surface area contributed by atoms with Crippen LogP contribution in [0.5, 0.6) is 0 Å². The second kappa shape index (κ2) is 7.67. The second-order valence-electron chi connectivity index (χ2n) is 7.20. The molecule has 0 N–H and O–H groups in total. The zero-order chi connectivity index (χ0) is 18.7. The third-order valence-corrected chi connectivity index (χ3v) is 4.92. The molecule has 1 unspecified atom stereocenters. The van der Waals surface area contributed by atoms with E-state index >= 15 is 0 Å². The fraction of sp³-hybridized carbons (Fsp3) is 0.364. The Morgan fingerprint density at radius 2 is 1.81 bits per heavy atom. The predicted molar refractivity (Wildman–Crippen MR) is 100 cm³/mol. The Bertz CT molecular complexity index is 790. The molecule has 1 atom stereocenters. The van der Waals surface area contributed by atoms with Crippen molar-refractivity contribution in [3.63, 3.8) is 0 Å². The Kier molecular flexibility index (Phi) is 5.52. The first-order chi connectivity index (χ1) is 12.3. The molecule has 3 rings (SSSR count). The molecule has 1 nitrogen and oxygen atoms in total. The van der Waals surface area contributed by atoms with Gasteiger partial charge in [-0.3, -0.25) is 0 Å². The standard InChI is InChI=1S/C22H24F3N/c1-26(2)12-6-9-18-14-19(13-17-7-3-4-11-21(17)18)16-8-5-10-20(15-16)22(23,24)25/h3-5,7-8,10-11,14-15,18H,6,9,12-13H2,1-2H3. The molecule has 1 aliphatic rings. The average molecular weight is 359 g/mol. The molecule has 0 saturated carbocycles. The molecule has 0 fully saturated rings. The summed E-state index contributed by atoms with van der Waals surface area (Å²) in [6.45, 7) is 1.01. The molecule has 0 saturated heterocycles. The van der Waals surface area contributed by atoms with E-state index in [-0.39, 0.29) is 5.92 Å². The molecule has 0 aliphatic heterocycles. The number of rotatable bonds is 5. The monoisotopic (exact) mass is 359 g/mol. The van der Waals surface area contributed by atoms with Gasteiger partial charge in [0.05, 0.1) is 5.56 Å². The number of benzene rings is 2. The summed E-state index contributed by atoms with van der Waals surface area (Å²) in [5.74, 6) is 0.254. The van der Waals surface area contributed by atoms with Crippen LogP contribution in [-0.2, 0) is 12.6 Å². The molecule has 0 bridgehead atoms. The van der Waals surface area contributed by atoms with Crippen molar-refractivity contribution in [3.05, 3.63) is 76.9 Å². The fourth-order valence-electron chi connectivity index (χ4n) is 3.61. The zero-order valence-electron chi connectivity index (χ0n) is 15.2. The summed E-state index contributed by atoms with van der Waals surface area (Å²) in [5, 5.41) is 0. The number of allylic oxidation sites excluding steroid dienone is 2. The van der Waals surface area contributed by atoms with Crippen LogP contribution in [0.2, 0.25) is 0 Å². The summed E-state index contributed by atoms with van der Waals surface area (Å²) < 4.78 is 39.2. The van der Waals surface area contributed by atoms with Gasteiger partial charge in [-0.15, -0.1) is 0 Å². The molecular formula is C22H24F3N. The SMILES string of the molecule is CN(C)CCCC1C=C(c2cccc(C(F)(F)F)c2)Cc2ccccc21. The number of nitrogens with zero attached hydrogens (tertiary/aromatic N) is 1. The number of halogens is 3. The Labute approximate surface area is 153 Å². The minimum absolute atomic E-state index is 0.254. The highest BCUT2D eigenvalue weighted by Crippen LogP contribution is 2.38. The first kappa shape index (κ1) is 18.7. The zero-order valence-corrected chi connectivity index (χ0v) is 15.2. The van der Waals surface area contributed by atoms with Gasteiger partial charge in [-0.05, 0) is 74.3 Å². The van der Waals surface area contributed by atoms with Crippen molar-refractivity contribution >= 4 is 5.57 Å². The van der Waals surface area contributed by atoms with Crippen LogP contribution in [0.3, 0.4) is 0 Å². The summed E-state index contributed by atoms with van der Waals surface area (Å²) in [7, 11) is 4.11. The Morgan fingerprint density at radius 1 is 1.04 bits per heavy atom. The van der Waals surface area contributed by atoms with Gasteiger partial charge in [0, 0.05) is 5.92 Å². The van der Waals surface area contributed by atoms with Crippen molar-refractivity contribution < 1.29 is 13.2 Å². The lowest BCUT2D eigenvalue weighted by atomic mass is 9.80. The Balaban J connectivity index is 1.91. The van der Waals surface area contributed by atoms with E-state index in [9.17, 15) is 13.2 Å². The van der Waals surface area contributed by atoms with Crippen LogP contribution in [0.1, 0.15) is 41.0 Å². The minimum Gasteiger partial charge on any atom is -0.309 e. The molecule has 0 radical (unpaired) electrons. The van der Waals surface area contributed by atoms with Gasteiger partial charge in [0.15, 0.2) is 0 Å². The normalized spacial score (nSPS) is 17.2. The van der Waals surface area contributed by atoms with E-state index in [0.717, 1.165) is 31.0 Å². The molecule has 2 aromatic rings. The van der Waals surface area contributed by atoms with Crippen LogP contribution >= 0.6 is 0 Å². The Hall–Kier alpha value is -2.07. The molecule has 0 aromatic heterocycles. The summed E-state index contributed by atoms with van der Waals surface area (Å²) >= 11 is 0. The van der Waals surface area contributed by atoms with Crippen molar-refractivity contribution in [2.24, 2.45) is 0 Å². The molecule has 1 aliphatic carbocycles. The van der Waals surface area contributed by atoms with E-state index in [2.05, 4.69) is 37.2 Å². The molecular weight excluding hydrogens is 335 g/mol. The third kappa shape index (κ3) is 4.36. The first-order valence-electron chi connectivity index (χ1n) is 8.95. The van der Waals surface area contributed by atoms with Crippen molar-refractivity contribution in [2.75, 3.05) is 20.6 Å². The number of alkyl halides is 3. The van der Waals surface area contributed by atoms with E-state index in [1.54, 1.807) is 6.07 Å². The highest BCUT2D eigenvalue weighted by atomic mass is 19.4. The molecule has 138 valence electrons. The van der Waals surface area contributed by atoms with Crippen LogP contribution < -0.4 is 0 Å². The summed E-state index contributed by atoms with van der Waals surface area (Å²) in [5.41, 5.74) is 3.61. The van der Waals surface area contributed by atoms with Crippen LogP contribution in [0.25, 0.3) is 5.57 Å². The maximum atomic E-state index is 13.1. The lowest BCUT2D eigenvalue weighted by Crippen LogP contribution is -2.15. The maximum absolute atomic E-state index is 13.1. The van der Waals surface area contributed by atoms with Crippen molar-refractivity contribution in [2.45, 2.75) is 31.4 Å². The predicted octanol–water partition coefficient (Wildman–Crippen LogP) is 5.77. The van der Waals surface area contributed by atoms with Gasteiger partial charge in [0.25, 0.3) is 0 Å². The molecule has 4 heteroatoms. The molecule has 2 aromatic carbocycles. The quantitative estimate of drug-likeness (QED) is 0.655. The van der Waals surface area contributed by atoms with Gasteiger partial charge >= 0.3 is 6.18 Å². The lowest BCUT2D eigenvalue weighted by molar-refractivity contribution is -0.137. The third-order valence-electron chi connectivity index (χ3n) is 4.92. The largest absolute Gasteiger partial charge is 0.416 e. The van der Waals surface area contributed by atoms with E-state index in [1.165, 1.54) is 23.3 Å². The van der Waals surface area contributed by atoms with Crippen LogP contribution in [0.4, 0.5) is 13.2 Å². The first-order valence-corrected chi connectivity index (χ1v) is 8.95. The van der Waals surface area contributed by atoms with Gasteiger partial charge in [0.2, 0.25) is 0 Å². The van der Waals surface area contributed by atoms with E-state index in [1.807, 2.05) is 12.1 Å². The van der Waals surface area contributed by atoms with Crippen molar-refractivity contribution in [1.29, 1.82) is 0 Å². The van der Waals surface area contributed by atoms with Gasteiger partial charge in [-0.25, -0.2) is 0 Å². The van der Waals surface area contributed by atoms with E-state index < -0.39 is 11.7 Å². The Morgan fingerprint density at radius 3 is 2.54 bits per heavy atom. The average Bonchev–Trinajstić information content (AvgIpc) is 2.60. The van der Waals surface area contributed by atoms with Gasteiger partial charge < -0.3 is 4.90 Å². The summed E-state index contributed by atoms with van der Waals surface area (Å²) in [6, 6.07) is 14.0. The molecule has 0 heterocycles. The van der Waals surface area contributed by atoms with Gasteiger partial charge in [-0.1, -0.05) is 42.5 Å². The highest BCUT2D eigenvalue weighted by molar-refractivity contribution is 5.72. The van der Waals surface area contributed by atoms with Crippen LogP contribution in [0.15, 0.2) is 54.6 Å². The molecule has 0 amide bonds. The molecule has 0 spiro atoms. The molecule has 26 heavy (non-hydrogen) atoms. The summed E-state index contributed by atoms with van der Waals surface area (Å²) in [4.78, 5) is 2.16. The van der Waals surface area contributed by atoms with Gasteiger partial charge in [0.1, 0.15) is 0 Å². The maximum Gasteiger partial charge on any atom is 0.416 e. The van der Waals surface area contributed by atoms with Gasteiger partial charge in [-0.2, -0.15) is 13.2 Å². The van der Waals surface area contributed by atoms with E-state index in [4.69, 9.17) is 0 Å². The topological polar surface area (TPSA) is 3.24 Å².